The number of Topliss-reactive ketones (excluding diaryl/α,β-unsaturated/α-hetero) is 1. The number of carbonyl (C=O) groups is 1. The van der Waals surface area contributed by atoms with E-state index in [0.29, 0.717) is 5.75 Å². The molecular weight excluding hydrogens is 236 g/mol. The van der Waals surface area contributed by atoms with Crippen LogP contribution in [0.2, 0.25) is 0 Å². The lowest BCUT2D eigenvalue weighted by Crippen LogP contribution is -1.97. The van der Waals surface area contributed by atoms with E-state index < -0.39 is 0 Å². The van der Waals surface area contributed by atoms with E-state index in [0.717, 1.165) is 20.5 Å². The van der Waals surface area contributed by atoms with E-state index in [9.17, 15) is 4.79 Å². The van der Waals surface area contributed by atoms with Gasteiger partial charge in [0.2, 0.25) is 0 Å². The molecule has 0 unspecified atom stereocenters. The maximum atomic E-state index is 11.4. The lowest BCUT2D eigenvalue weighted by molar-refractivity contribution is 0.102. The fourth-order valence-electron chi connectivity index (χ4n) is 1.40. The van der Waals surface area contributed by atoms with Crippen LogP contribution in [0.4, 0.5) is 0 Å². The van der Waals surface area contributed by atoms with Crippen LogP contribution in [0, 0.1) is 6.92 Å². The first-order valence-corrected chi connectivity index (χ1v) is 5.42. The third-order valence-corrected chi connectivity index (χ3v) is 3.40. The van der Waals surface area contributed by atoms with Gasteiger partial charge >= 0.3 is 0 Å². The molecule has 0 aliphatic carbocycles. The minimum absolute atomic E-state index is 0.264. The second-order valence-electron chi connectivity index (χ2n) is 2.81. The van der Waals surface area contributed by atoms with Crippen LogP contribution in [0.3, 0.4) is 0 Å². The third kappa shape index (κ3) is 1.21. The number of thioether (sulfide) groups is 1. The Bertz CT molecular complexity index is 360. The Morgan fingerprint density at radius 2 is 2.25 bits per heavy atom. The summed E-state index contributed by atoms with van der Waals surface area (Å²) < 4.78 is 1.06. The van der Waals surface area contributed by atoms with Crippen LogP contribution in [0.15, 0.2) is 21.5 Å². The number of hydrogen-bond acceptors (Lipinski definition) is 2. The van der Waals surface area contributed by atoms with E-state index in [-0.39, 0.29) is 5.78 Å². The van der Waals surface area contributed by atoms with Crippen LogP contribution in [0.5, 0.6) is 0 Å². The van der Waals surface area contributed by atoms with Crippen molar-refractivity contribution in [3.8, 4) is 0 Å². The molecule has 1 aromatic rings. The van der Waals surface area contributed by atoms with Gasteiger partial charge in [-0.05, 0) is 24.6 Å². The lowest BCUT2D eigenvalue weighted by Gasteiger charge is -2.01. The van der Waals surface area contributed by atoms with Gasteiger partial charge in [-0.1, -0.05) is 15.9 Å². The van der Waals surface area contributed by atoms with Gasteiger partial charge in [-0.15, -0.1) is 11.8 Å². The zero-order valence-electron chi connectivity index (χ0n) is 6.56. The van der Waals surface area contributed by atoms with Crippen LogP contribution >= 0.6 is 27.7 Å². The predicted octanol–water partition coefficient (Wildman–Crippen LogP) is 3.05. The van der Waals surface area contributed by atoms with Gasteiger partial charge in [0.25, 0.3) is 0 Å². The molecule has 62 valence electrons. The number of carbonyl (C=O) groups excluding carboxylic acids is 1. The zero-order chi connectivity index (χ0) is 8.72. The molecule has 1 heterocycles. The summed E-state index contributed by atoms with van der Waals surface area (Å²) in [6.07, 6.45) is 0. The first-order chi connectivity index (χ1) is 5.68. The number of ketones is 1. The number of halogens is 1. The second-order valence-corrected chi connectivity index (χ2v) is 4.74. The molecule has 0 amide bonds. The molecule has 0 bridgehead atoms. The Morgan fingerprint density at radius 3 is 3.00 bits per heavy atom. The fourth-order valence-corrected chi connectivity index (χ4v) is 3.18. The van der Waals surface area contributed by atoms with Crippen LogP contribution in [-0.4, -0.2) is 11.5 Å². The smallest absolute Gasteiger partial charge is 0.174 e. The van der Waals surface area contributed by atoms with Crippen molar-refractivity contribution in [2.24, 2.45) is 0 Å². The normalized spacial score (nSPS) is 15.0. The lowest BCUT2D eigenvalue weighted by atomic mass is 10.1. The topological polar surface area (TPSA) is 17.1 Å². The highest BCUT2D eigenvalue weighted by Gasteiger charge is 2.22. The Hall–Kier alpha value is -0.280. The second kappa shape index (κ2) is 2.89. The molecule has 0 aromatic heterocycles. The average Bonchev–Trinajstić information content (AvgIpc) is 2.31. The summed E-state index contributed by atoms with van der Waals surface area (Å²) in [7, 11) is 0. The third-order valence-electron chi connectivity index (χ3n) is 1.90. The largest absolute Gasteiger partial charge is 0.293 e. The highest BCUT2D eigenvalue weighted by Crippen LogP contribution is 2.35. The van der Waals surface area contributed by atoms with E-state index in [1.807, 2.05) is 19.1 Å². The molecule has 12 heavy (non-hydrogen) atoms. The first-order valence-electron chi connectivity index (χ1n) is 3.64. The number of fused-ring (bicyclic) bond motifs is 1. The maximum absolute atomic E-state index is 11.4. The highest BCUT2D eigenvalue weighted by atomic mass is 79.9. The maximum Gasteiger partial charge on any atom is 0.174 e. The number of aryl methyl sites for hydroxylation is 1. The summed E-state index contributed by atoms with van der Waals surface area (Å²) in [6, 6.07) is 4.00. The van der Waals surface area contributed by atoms with Gasteiger partial charge < -0.3 is 0 Å². The molecule has 2 rings (SSSR count). The summed E-state index contributed by atoms with van der Waals surface area (Å²) in [6.45, 7) is 1.98. The van der Waals surface area contributed by atoms with Crippen molar-refractivity contribution < 1.29 is 4.79 Å². The zero-order valence-corrected chi connectivity index (χ0v) is 8.96. The number of rotatable bonds is 0. The molecule has 1 aromatic carbocycles. The molecule has 0 fully saturated rings. The van der Waals surface area contributed by atoms with Crippen molar-refractivity contribution in [2.75, 3.05) is 5.75 Å². The molecule has 0 N–H and O–H groups in total. The summed E-state index contributed by atoms with van der Waals surface area (Å²) in [4.78, 5) is 12.5. The molecule has 0 saturated heterocycles. The minimum Gasteiger partial charge on any atom is -0.293 e. The van der Waals surface area contributed by atoms with Gasteiger partial charge in [0.1, 0.15) is 0 Å². The van der Waals surface area contributed by atoms with E-state index in [1.54, 1.807) is 11.8 Å². The van der Waals surface area contributed by atoms with Gasteiger partial charge in [0, 0.05) is 14.9 Å². The summed E-state index contributed by atoms with van der Waals surface area (Å²) >= 11 is 5.04. The SMILES string of the molecule is Cc1cc(Br)cc2c1C(=O)CS2. The minimum atomic E-state index is 0.264. The van der Waals surface area contributed by atoms with E-state index >= 15 is 0 Å². The van der Waals surface area contributed by atoms with Crippen LogP contribution < -0.4 is 0 Å². The van der Waals surface area contributed by atoms with Gasteiger partial charge in [-0.3, -0.25) is 4.79 Å². The van der Waals surface area contributed by atoms with Crippen molar-refractivity contribution in [1.29, 1.82) is 0 Å². The average molecular weight is 243 g/mol. The Kier molecular flexibility index (Phi) is 2.00. The monoisotopic (exact) mass is 242 g/mol. The van der Waals surface area contributed by atoms with Crippen molar-refractivity contribution in [1.82, 2.24) is 0 Å². The van der Waals surface area contributed by atoms with E-state index in [4.69, 9.17) is 0 Å². The van der Waals surface area contributed by atoms with Crippen molar-refractivity contribution in [3.63, 3.8) is 0 Å². The van der Waals surface area contributed by atoms with Crippen LogP contribution in [0.1, 0.15) is 15.9 Å². The van der Waals surface area contributed by atoms with Crippen LogP contribution in [-0.2, 0) is 0 Å². The molecular formula is C9H7BrOS. The van der Waals surface area contributed by atoms with E-state index in [1.165, 1.54) is 0 Å². The van der Waals surface area contributed by atoms with Gasteiger partial charge in [0.15, 0.2) is 5.78 Å². The van der Waals surface area contributed by atoms with Gasteiger partial charge in [-0.25, -0.2) is 0 Å². The molecule has 1 nitrogen and oxygen atoms in total. The molecule has 1 aliphatic rings. The molecule has 0 radical (unpaired) electrons. The summed E-state index contributed by atoms with van der Waals surface area (Å²) in [5.41, 5.74) is 2.00. The van der Waals surface area contributed by atoms with Crippen molar-refractivity contribution >= 4 is 33.5 Å². The molecule has 0 spiro atoms. The molecule has 0 saturated carbocycles. The number of benzene rings is 1. The number of hydrogen-bond donors (Lipinski definition) is 0. The quantitative estimate of drug-likeness (QED) is 0.696. The molecule has 0 atom stereocenters. The summed E-state index contributed by atoms with van der Waals surface area (Å²) in [5.74, 6) is 0.868. The molecule has 1 aliphatic heterocycles. The summed E-state index contributed by atoms with van der Waals surface area (Å²) in [5, 5.41) is 0. The van der Waals surface area contributed by atoms with Crippen LogP contribution in [0.25, 0.3) is 0 Å². The van der Waals surface area contributed by atoms with Gasteiger partial charge in [-0.2, -0.15) is 0 Å². The molecule has 3 heteroatoms. The first kappa shape index (κ1) is 8.32. The van der Waals surface area contributed by atoms with Gasteiger partial charge in [0.05, 0.1) is 5.75 Å². The highest BCUT2D eigenvalue weighted by molar-refractivity contribution is 9.10. The predicted molar refractivity (Wildman–Crippen MR) is 53.9 cm³/mol. The Balaban J connectivity index is 2.68. The van der Waals surface area contributed by atoms with E-state index in [2.05, 4.69) is 15.9 Å². The standard InChI is InChI=1S/C9H7BrOS/c1-5-2-6(10)3-8-9(5)7(11)4-12-8/h2-3H,4H2,1H3. The van der Waals surface area contributed by atoms with Crippen molar-refractivity contribution in [2.45, 2.75) is 11.8 Å². The Morgan fingerprint density at radius 1 is 1.50 bits per heavy atom. The Labute approximate surface area is 83.7 Å². The van der Waals surface area contributed by atoms with Crippen molar-refractivity contribution in [3.05, 3.63) is 27.7 Å². The fraction of sp³-hybridized carbons (Fsp3) is 0.222.